The van der Waals surface area contributed by atoms with Crippen molar-refractivity contribution in [3.05, 3.63) is 29.6 Å². The van der Waals surface area contributed by atoms with Crippen LogP contribution < -0.4 is 5.32 Å². The molecule has 0 radical (unpaired) electrons. The third kappa shape index (κ3) is 4.01. The lowest BCUT2D eigenvalue weighted by Gasteiger charge is -2.27. The number of carbonyl (C=O) groups is 2. The van der Waals surface area contributed by atoms with E-state index >= 15 is 0 Å². The molecule has 1 aliphatic heterocycles. The minimum atomic E-state index is -0.875. The number of carboxylic acids is 1. The van der Waals surface area contributed by atoms with Crippen LogP contribution in [0.15, 0.2) is 18.3 Å². The molecule has 6 heteroatoms. The molecule has 0 saturated carbocycles. The second kappa shape index (κ2) is 7.17. The minimum absolute atomic E-state index is 0.0429. The zero-order chi connectivity index (χ0) is 15.2. The van der Waals surface area contributed by atoms with Crippen molar-refractivity contribution in [2.75, 3.05) is 19.8 Å². The summed E-state index contributed by atoms with van der Waals surface area (Å²) in [6.07, 6.45) is 2.99. The van der Waals surface area contributed by atoms with Crippen molar-refractivity contribution >= 4 is 11.9 Å². The molecule has 1 aromatic rings. The summed E-state index contributed by atoms with van der Waals surface area (Å²) < 4.78 is 5.25. The molecule has 1 fully saturated rings. The Balaban J connectivity index is 1.97. The molecule has 1 aromatic heterocycles. The average Bonchev–Trinajstić information content (AvgIpc) is 2.48. The molecule has 21 heavy (non-hydrogen) atoms. The highest BCUT2D eigenvalue weighted by Gasteiger charge is 2.30. The Kier molecular flexibility index (Phi) is 5.27. The largest absolute Gasteiger partial charge is 0.481 e. The van der Waals surface area contributed by atoms with E-state index in [4.69, 9.17) is 4.74 Å². The normalized spacial score (nSPS) is 17.2. The van der Waals surface area contributed by atoms with Gasteiger partial charge in [0.15, 0.2) is 0 Å². The maximum absolute atomic E-state index is 12.1. The van der Waals surface area contributed by atoms with Crippen molar-refractivity contribution in [1.82, 2.24) is 10.3 Å². The molecule has 0 aromatic carbocycles. The summed E-state index contributed by atoms with van der Waals surface area (Å²) in [5.74, 6) is -1.74. The summed E-state index contributed by atoms with van der Waals surface area (Å²) in [7, 11) is 0. The van der Waals surface area contributed by atoms with E-state index in [1.807, 2.05) is 0 Å². The van der Waals surface area contributed by atoms with Gasteiger partial charge >= 0.3 is 5.97 Å². The Hall–Kier alpha value is -1.95. The van der Waals surface area contributed by atoms with Crippen molar-refractivity contribution in [2.45, 2.75) is 19.8 Å². The predicted octanol–water partition coefficient (Wildman–Crippen LogP) is 1.25. The second-order valence-electron chi connectivity index (χ2n) is 5.27. The summed E-state index contributed by atoms with van der Waals surface area (Å²) in [5.41, 5.74) is 1.11. The van der Waals surface area contributed by atoms with E-state index in [9.17, 15) is 14.7 Å². The number of aliphatic carboxylic acids is 1. The summed E-state index contributed by atoms with van der Waals surface area (Å²) in [5, 5.41) is 12.1. The summed E-state index contributed by atoms with van der Waals surface area (Å²) in [6.45, 7) is 3.09. The third-order valence-electron chi connectivity index (χ3n) is 3.86. The van der Waals surface area contributed by atoms with Gasteiger partial charge in [-0.05, 0) is 37.3 Å². The number of hydrogen-bond acceptors (Lipinski definition) is 4. The van der Waals surface area contributed by atoms with Gasteiger partial charge in [0.05, 0.1) is 5.92 Å². The van der Waals surface area contributed by atoms with Crippen LogP contribution in [0.1, 0.15) is 28.9 Å². The number of nitrogens with zero attached hydrogens (tertiary/aromatic N) is 1. The number of nitrogens with one attached hydrogen (secondary N) is 1. The molecule has 2 heterocycles. The number of rotatable bonds is 5. The number of aryl methyl sites for hydroxylation is 1. The quantitative estimate of drug-likeness (QED) is 0.852. The van der Waals surface area contributed by atoms with Gasteiger partial charge in [0, 0.05) is 26.0 Å². The molecule has 1 aliphatic rings. The molecular weight excluding hydrogens is 272 g/mol. The number of pyridine rings is 1. The second-order valence-corrected chi connectivity index (χ2v) is 5.27. The molecule has 0 spiro atoms. The standard InChI is InChI=1S/C15H20N2O4/c1-10-3-2-6-16-13(10)14(18)17-9-12(15(19)20)11-4-7-21-8-5-11/h2-3,6,11-12H,4-5,7-9H2,1H3,(H,17,18)(H,19,20). The highest BCUT2D eigenvalue weighted by Crippen LogP contribution is 2.23. The fraction of sp³-hybridized carbons (Fsp3) is 0.533. The van der Waals surface area contributed by atoms with E-state index in [1.54, 1.807) is 25.3 Å². The Morgan fingerprint density at radius 2 is 2.19 bits per heavy atom. The van der Waals surface area contributed by atoms with Gasteiger partial charge in [-0.25, -0.2) is 0 Å². The van der Waals surface area contributed by atoms with Gasteiger partial charge in [-0.3, -0.25) is 14.6 Å². The van der Waals surface area contributed by atoms with E-state index in [0.717, 1.165) is 18.4 Å². The number of aromatic nitrogens is 1. The molecule has 1 unspecified atom stereocenters. The van der Waals surface area contributed by atoms with Crippen LogP contribution in [0.5, 0.6) is 0 Å². The molecule has 2 N–H and O–H groups in total. The maximum Gasteiger partial charge on any atom is 0.308 e. The predicted molar refractivity (Wildman–Crippen MR) is 76.0 cm³/mol. The van der Waals surface area contributed by atoms with Crippen LogP contribution in [0.4, 0.5) is 0 Å². The van der Waals surface area contributed by atoms with Crippen LogP contribution in [0, 0.1) is 18.8 Å². The van der Waals surface area contributed by atoms with Crippen molar-refractivity contribution in [1.29, 1.82) is 0 Å². The first-order valence-electron chi connectivity index (χ1n) is 7.10. The zero-order valence-corrected chi connectivity index (χ0v) is 12.0. The number of amides is 1. The SMILES string of the molecule is Cc1cccnc1C(=O)NCC(C(=O)O)C1CCOCC1. The molecule has 1 amide bonds. The molecule has 6 nitrogen and oxygen atoms in total. The highest BCUT2D eigenvalue weighted by molar-refractivity contribution is 5.93. The molecule has 0 bridgehead atoms. The first-order chi connectivity index (χ1) is 10.1. The van der Waals surface area contributed by atoms with Crippen LogP contribution in [-0.4, -0.2) is 41.7 Å². The smallest absolute Gasteiger partial charge is 0.308 e. The molecule has 1 saturated heterocycles. The van der Waals surface area contributed by atoms with Crippen LogP contribution in [-0.2, 0) is 9.53 Å². The summed E-state index contributed by atoms with van der Waals surface area (Å²) >= 11 is 0. The highest BCUT2D eigenvalue weighted by atomic mass is 16.5. The first kappa shape index (κ1) is 15.4. The lowest BCUT2D eigenvalue weighted by molar-refractivity contribution is -0.144. The number of hydrogen-bond donors (Lipinski definition) is 2. The summed E-state index contributed by atoms with van der Waals surface area (Å²) in [6, 6.07) is 3.56. The molecular formula is C15H20N2O4. The summed E-state index contributed by atoms with van der Waals surface area (Å²) in [4.78, 5) is 27.5. The fourth-order valence-electron chi connectivity index (χ4n) is 2.58. The van der Waals surface area contributed by atoms with Gasteiger partial charge in [0.2, 0.25) is 0 Å². The number of carbonyl (C=O) groups excluding carboxylic acids is 1. The molecule has 114 valence electrons. The van der Waals surface area contributed by atoms with E-state index in [-0.39, 0.29) is 18.4 Å². The van der Waals surface area contributed by atoms with E-state index in [1.165, 1.54) is 0 Å². The minimum Gasteiger partial charge on any atom is -0.481 e. The topological polar surface area (TPSA) is 88.5 Å². The van der Waals surface area contributed by atoms with Crippen LogP contribution in [0.3, 0.4) is 0 Å². The van der Waals surface area contributed by atoms with Crippen molar-refractivity contribution in [2.24, 2.45) is 11.8 Å². The van der Waals surface area contributed by atoms with Crippen LogP contribution >= 0.6 is 0 Å². The molecule has 2 rings (SSSR count). The van der Waals surface area contributed by atoms with Gasteiger partial charge in [-0.2, -0.15) is 0 Å². The zero-order valence-electron chi connectivity index (χ0n) is 12.0. The Labute approximate surface area is 123 Å². The van der Waals surface area contributed by atoms with Gasteiger partial charge in [0.1, 0.15) is 5.69 Å². The Morgan fingerprint density at radius 1 is 1.48 bits per heavy atom. The van der Waals surface area contributed by atoms with Crippen molar-refractivity contribution in [3.8, 4) is 0 Å². The van der Waals surface area contributed by atoms with E-state index in [2.05, 4.69) is 10.3 Å². The van der Waals surface area contributed by atoms with Crippen molar-refractivity contribution in [3.63, 3.8) is 0 Å². The fourth-order valence-corrected chi connectivity index (χ4v) is 2.58. The lowest BCUT2D eigenvalue weighted by Crippen LogP contribution is -2.39. The van der Waals surface area contributed by atoms with E-state index in [0.29, 0.717) is 18.9 Å². The Morgan fingerprint density at radius 3 is 2.81 bits per heavy atom. The van der Waals surface area contributed by atoms with E-state index < -0.39 is 11.9 Å². The van der Waals surface area contributed by atoms with Gasteiger partial charge in [-0.15, -0.1) is 0 Å². The average molecular weight is 292 g/mol. The maximum atomic E-state index is 12.1. The van der Waals surface area contributed by atoms with Gasteiger partial charge in [0.25, 0.3) is 5.91 Å². The monoisotopic (exact) mass is 292 g/mol. The van der Waals surface area contributed by atoms with Gasteiger partial charge in [-0.1, -0.05) is 6.07 Å². The molecule has 0 aliphatic carbocycles. The van der Waals surface area contributed by atoms with Crippen molar-refractivity contribution < 1.29 is 19.4 Å². The molecule has 1 atom stereocenters. The Bertz CT molecular complexity index is 512. The van der Waals surface area contributed by atoms with Gasteiger partial charge < -0.3 is 15.2 Å². The number of ether oxygens (including phenoxy) is 1. The van der Waals surface area contributed by atoms with Crippen LogP contribution in [0.2, 0.25) is 0 Å². The lowest BCUT2D eigenvalue weighted by atomic mass is 9.86. The first-order valence-corrected chi connectivity index (χ1v) is 7.10. The van der Waals surface area contributed by atoms with Crippen LogP contribution in [0.25, 0.3) is 0 Å². The third-order valence-corrected chi connectivity index (χ3v) is 3.86. The number of carboxylic acid groups (broad SMARTS) is 1.